The van der Waals surface area contributed by atoms with Crippen molar-refractivity contribution in [2.75, 3.05) is 0 Å². The van der Waals surface area contributed by atoms with Gasteiger partial charge < -0.3 is 33.2 Å². The lowest BCUT2D eigenvalue weighted by Crippen LogP contribution is -2.58. The number of aliphatic hydroxyl groups is 1. The zero-order valence-corrected chi connectivity index (χ0v) is 28.8. The number of esters is 4. The van der Waals surface area contributed by atoms with E-state index in [9.17, 15) is 29.1 Å². The van der Waals surface area contributed by atoms with Crippen LogP contribution in [-0.4, -0.2) is 51.9 Å². The molecular formula is C36H42O12. The summed E-state index contributed by atoms with van der Waals surface area (Å²) in [4.78, 5) is 67.9. The van der Waals surface area contributed by atoms with Gasteiger partial charge in [0, 0.05) is 27.8 Å². The lowest BCUT2D eigenvalue weighted by atomic mass is 9.66. The van der Waals surface area contributed by atoms with E-state index < -0.39 is 86.8 Å². The molecule has 12 nitrogen and oxygen atoms in total. The summed E-state index contributed by atoms with van der Waals surface area (Å²) < 4.78 is 36.6. The van der Waals surface area contributed by atoms with Crippen molar-refractivity contribution in [3.8, 4) is 5.75 Å². The highest BCUT2D eigenvalue weighted by atomic mass is 16.7. The first kappa shape index (κ1) is 32.6. The molecule has 4 fully saturated rings. The van der Waals surface area contributed by atoms with E-state index in [2.05, 4.69) is 0 Å². The molecule has 4 bridgehead atoms. The molecule has 4 heterocycles. The topological polar surface area (TPSA) is 165 Å². The number of ether oxygens (including phenoxy) is 5. The van der Waals surface area contributed by atoms with E-state index in [1.807, 2.05) is 0 Å². The Morgan fingerprint density at radius 1 is 0.792 bits per heavy atom. The van der Waals surface area contributed by atoms with E-state index in [1.54, 1.807) is 68.4 Å². The van der Waals surface area contributed by atoms with Crippen LogP contribution in [-0.2, 0) is 44.7 Å². The van der Waals surface area contributed by atoms with Gasteiger partial charge in [-0.25, -0.2) is 14.4 Å². The number of carbonyl (C=O) groups excluding carboxylic acids is 4. The number of rotatable bonds is 5. The Labute approximate surface area is 277 Å². The van der Waals surface area contributed by atoms with Crippen LogP contribution in [0, 0.1) is 28.6 Å². The van der Waals surface area contributed by atoms with Crippen LogP contribution in [0.5, 0.6) is 5.75 Å². The monoisotopic (exact) mass is 666 g/mol. The normalized spacial score (nSPS) is 36.3. The van der Waals surface area contributed by atoms with E-state index in [0.717, 1.165) is 0 Å². The van der Waals surface area contributed by atoms with Gasteiger partial charge in [0.25, 0.3) is 0 Å². The standard InChI is InChI=1S/C36H42O12/c1-17-14-20(38)43-23-19(17)15-18(16-37)22-21(23)24(44-28(41)35-12-10-33(8,26(39)47-35)31(35,4)5)25(30(2,3)46-22)45-29(42)36-13-11-34(9,27(40)48-36)32(36,6)7/h14-15,24-25,37H,10-13,16H2,1-9H3/t24-,25-,33-,34-,35-,36-/m1/s1. The molecule has 0 radical (unpaired) electrons. The van der Waals surface area contributed by atoms with Crippen LogP contribution >= 0.6 is 0 Å². The van der Waals surface area contributed by atoms with Crippen LogP contribution in [0.25, 0.3) is 11.0 Å². The van der Waals surface area contributed by atoms with Crippen LogP contribution in [0.1, 0.15) is 104 Å². The first-order chi connectivity index (χ1) is 22.1. The Kier molecular flexibility index (Phi) is 6.38. The number of hydrogen-bond acceptors (Lipinski definition) is 12. The highest BCUT2D eigenvalue weighted by molar-refractivity contribution is 5.95. The molecule has 6 atom stereocenters. The predicted octanol–water partition coefficient (Wildman–Crippen LogP) is 4.50. The summed E-state index contributed by atoms with van der Waals surface area (Å²) in [5, 5.41) is 10.9. The first-order valence-corrected chi connectivity index (χ1v) is 16.4. The lowest BCUT2D eigenvalue weighted by Gasteiger charge is -2.46. The Balaban J connectivity index is 1.41. The quantitative estimate of drug-likeness (QED) is 0.270. The molecule has 258 valence electrons. The molecular weight excluding hydrogens is 624 g/mol. The molecule has 2 aliphatic carbocycles. The molecule has 0 spiro atoms. The van der Waals surface area contributed by atoms with Gasteiger partial charge in [-0.15, -0.1) is 0 Å². The molecule has 1 aromatic carbocycles. The number of aliphatic hydroxyl groups excluding tert-OH is 1. The van der Waals surface area contributed by atoms with Gasteiger partial charge in [0.2, 0.25) is 11.2 Å². The minimum atomic E-state index is -1.65. The summed E-state index contributed by atoms with van der Waals surface area (Å²) in [6, 6.07) is 2.93. The summed E-state index contributed by atoms with van der Waals surface area (Å²) in [5.41, 5.74) is -8.14. The number of benzene rings is 1. The first-order valence-electron chi connectivity index (χ1n) is 16.4. The van der Waals surface area contributed by atoms with Gasteiger partial charge in [0.05, 0.1) is 23.0 Å². The summed E-state index contributed by atoms with van der Waals surface area (Å²) in [7, 11) is 0. The fourth-order valence-corrected chi connectivity index (χ4v) is 9.00. The molecule has 1 aromatic heterocycles. The third-order valence-electron chi connectivity index (χ3n) is 13.4. The molecule has 1 N–H and O–H groups in total. The van der Waals surface area contributed by atoms with Gasteiger partial charge in [0.15, 0.2) is 12.2 Å². The maximum atomic E-state index is 14.6. The van der Waals surface area contributed by atoms with Crippen molar-refractivity contribution in [2.24, 2.45) is 21.7 Å². The molecule has 2 saturated carbocycles. The average Bonchev–Trinajstić information content (AvgIpc) is 3.46. The van der Waals surface area contributed by atoms with Gasteiger partial charge in [-0.3, -0.25) is 9.59 Å². The Morgan fingerprint density at radius 3 is 1.77 bits per heavy atom. The van der Waals surface area contributed by atoms with E-state index >= 15 is 0 Å². The molecule has 2 saturated heterocycles. The van der Waals surface area contributed by atoms with Crippen molar-refractivity contribution in [1.29, 1.82) is 0 Å². The van der Waals surface area contributed by atoms with Gasteiger partial charge in [-0.05, 0) is 71.9 Å². The van der Waals surface area contributed by atoms with Crippen molar-refractivity contribution in [2.45, 2.75) is 124 Å². The minimum Gasteiger partial charge on any atom is -0.483 e. The molecule has 7 rings (SSSR count). The summed E-state index contributed by atoms with van der Waals surface area (Å²) in [6.45, 7) is 15.2. The Bertz CT molecular complexity index is 1900. The number of aryl methyl sites for hydroxylation is 1. The largest absolute Gasteiger partial charge is 0.483 e. The smallest absolute Gasteiger partial charge is 0.351 e. The second-order valence-corrected chi connectivity index (χ2v) is 16.3. The molecule has 12 heteroatoms. The van der Waals surface area contributed by atoms with Crippen LogP contribution in [0.3, 0.4) is 0 Å². The van der Waals surface area contributed by atoms with Gasteiger partial charge in [-0.2, -0.15) is 0 Å². The van der Waals surface area contributed by atoms with Crippen molar-refractivity contribution in [3.05, 3.63) is 39.2 Å². The SMILES string of the molecule is Cc1cc(=O)oc2c3c(c(CO)cc12)OC(C)(C)[C@H](OC(=O)[C@@]12CC[C@](C)(C(=O)O1)C2(C)C)[C@@H]3OC(=O)[C@@]12CC[C@](C)(C(=O)O1)C2(C)C. The molecule has 0 amide bonds. The second-order valence-electron chi connectivity index (χ2n) is 16.3. The minimum absolute atomic E-state index is 0.0252. The predicted molar refractivity (Wildman–Crippen MR) is 166 cm³/mol. The fourth-order valence-electron chi connectivity index (χ4n) is 9.00. The Hall–Kier alpha value is -3.93. The van der Waals surface area contributed by atoms with E-state index in [-0.39, 0.29) is 29.7 Å². The van der Waals surface area contributed by atoms with Crippen molar-refractivity contribution >= 4 is 34.8 Å². The second kappa shape index (κ2) is 9.40. The van der Waals surface area contributed by atoms with E-state index in [4.69, 9.17) is 28.1 Å². The van der Waals surface area contributed by atoms with Crippen LogP contribution in [0.15, 0.2) is 21.3 Å². The van der Waals surface area contributed by atoms with Crippen molar-refractivity contribution in [1.82, 2.24) is 0 Å². The van der Waals surface area contributed by atoms with E-state index in [0.29, 0.717) is 29.4 Å². The van der Waals surface area contributed by atoms with Crippen LogP contribution in [0.2, 0.25) is 0 Å². The summed E-state index contributed by atoms with van der Waals surface area (Å²) in [5.74, 6) is -2.58. The fraction of sp³-hybridized carbons (Fsp3) is 0.639. The third kappa shape index (κ3) is 3.57. The average molecular weight is 667 g/mol. The highest BCUT2D eigenvalue weighted by Gasteiger charge is 2.78. The molecule has 48 heavy (non-hydrogen) atoms. The lowest BCUT2D eigenvalue weighted by molar-refractivity contribution is -0.217. The zero-order chi connectivity index (χ0) is 35.2. The van der Waals surface area contributed by atoms with E-state index in [1.165, 1.54) is 6.07 Å². The number of hydrogen-bond donors (Lipinski definition) is 1. The van der Waals surface area contributed by atoms with Crippen molar-refractivity contribution in [3.63, 3.8) is 0 Å². The molecule has 5 aliphatic rings. The summed E-state index contributed by atoms with van der Waals surface area (Å²) in [6.07, 6.45) is -1.60. The van der Waals surface area contributed by atoms with Gasteiger partial charge in [0.1, 0.15) is 16.9 Å². The highest BCUT2D eigenvalue weighted by Crippen LogP contribution is 2.67. The maximum absolute atomic E-state index is 14.6. The molecule has 0 unspecified atom stereocenters. The third-order valence-corrected chi connectivity index (χ3v) is 13.4. The summed E-state index contributed by atoms with van der Waals surface area (Å²) >= 11 is 0. The zero-order valence-electron chi connectivity index (χ0n) is 28.8. The van der Waals surface area contributed by atoms with Crippen LogP contribution in [0.4, 0.5) is 0 Å². The maximum Gasteiger partial charge on any atom is 0.351 e. The van der Waals surface area contributed by atoms with Gasteiger partial charge in [-0.1, -0.05) is 27.7 Å². The van der Waals surface area contributed by atoms with Gasteiger partial charge >= 0.3 is 29.5 Å². The Morgan fingerprint density at radius 2 is 1.31 bits per heavy atom. The van der Waals surface area contributed by atoms with Crippen molar-refractivity contribution < 1.29 is 52.4 Å². The van der Waals surface area contributed by atoms with Crippen LogP contribution < -0.4 is 10.4 Å². The molecule has 2 aromatic rings. The molecule has 3 aliphatic heterocycles. The number of carbonyl (C=O) groups is 4. The number of fused-ring (bicyclic) bond motifs is 7.